The van der Waals surface area contributed by atoms with Crippen molar-refractivity contribution < 1.29 is 14.3 Å². The maximum absolute atomic E-state index is 12.0. The lowest BCUT2D eigenvalue weighted by molar-refractivity contribution is 0.0618. The average Bonchev–Trinajstić information content (AvgIpc) is 2.90. The zero-order valence-electron chi connectivity index (χ0n) is 12.2. The lowest BCUT2D eigenvalue weighted by Gasteiger charge is -2.31. The van der Waals surface area contributed by atoms with E-state index in [1.807, 2.05) is 13.8 Å². The second kappa shape index (κ2) is 5.24. The van der Waals surface area contributed by atoms with Gasteiger partial charge in [0.25, 0.3) is 0 Å². The van der Waals surface area contributed by atoms with Gasteiger partial charge in [-0.05, 0) is 26.0 Å². The molecule has 0 unspecified atom stereocenters. The first-order valence-corrected chi connectivity index (χ1v) is 7.01. The number of rotatable bonds is 4. The number of ether oxygens (including phenoxy) is 2. The van der Waals surface area contributed by atoms with Crippen molar-refractivity contribution >= 4 is 5.78 Å². The van der Waals surface area contributed by atoms with Gasteiger partial charge in [-0.2, -0.15) is 0 Å². The van der Waals surface area contributed by atoms with Crippen LogP contribution in [0.1, 0.15) is 36.5 Å². The minimum absolute atomic E-state index is 0.114. The second-order valence-electron chi connectivity index (χ2n) is 5.75. The van der Waals surface area contributed by atoms with Crippen LogP contribution in [-0.4, -0.2) is 28.0 Å². The van der Waals surface area contributed by atoms with Gasteiger partial charge in [-0.15, -0.1) is 0 Å². The molecule has 5 heteroatoms. The quantitative estimate of drug-likeness (QED) is 0.938. The predicted molar refractivity (Wildman–Crippen MR) is 77.9 cm³/mol. The molecule has 0 fully saturated rings. The van der Waals surface area contributed by atoms with Crippen molar-refractivity contribution in [2.75, 3.05) is 6.61 Å². The van der Waals surface area contributed by atoms with Crippen LogP contribution in [0.25, 0.3) is 0 Å². The summed E-state index contributed by atoms with van der Waals surface area (Å²) in [6, 6.07) is 5.37. The number of nitrogens with zero attached hydrogens (tertiary/aromatic N) is 1. The Labute approximate surface area is 123 Å². The van der Waals surface area contributed by atoms with E-state index in [0.717, 1.165) is 5.82 Å². The molecule has 1 N–H and O–H groups in total. The predicted octanol–water partition coefficient (Wildman–Crippen LogP) is 2.78. The molecule has 0 bridgehead atoms. The van der Waals surface area contributed by atoms with Gasteiger partial charge in [0.15, 0.2) is 5.78 Å². The first-order chi connectivity index (χ1) is 10.0. The molecule has 5 nitrogen and oxygen atoms in total. The van der Waals surface area contributed by atoms with Gasteiger partial charge in [-0.1, -0.05) is 0 Å². The van der Waals surface area contributed by atoms with Crippen LogP contribution in [0.15, 0.2) is 30.6 Å². The number of carbonyl (C=O) groups excluding carboxylic acids is 1. The minimum Gasteiger partial charge on any atom is -0.493 e. The molecule has 1 aromatic carbocycles. The van der Waals surface area contributed by atoms with Crippen molar-refractivity contribution in [2.24, 2.45) is 0 Å². The molecule has 2 heterocycles. The van der Waals surface area contributed by atoms with Crippen molar-refractivity contribution in [3.8, 4) is 11.5 Å². The summed E-state index contributed by atoms with van der Waals surface area (Å²) in [5.41, 5.74) is 0.171. The van der Waals surface area contributed by atoms with Crippen LogP contribution >= 0.6 is 0 Å². The number of ketones is 1. The molecule has 0 saturated heterocycles. The zero-order valence-corrected chi connectivity index (χ0v) is 12.2. The Bertz CT molecular complexity index is 648. The van der Waals surface area contributed by atoms with Crippen molar-refractivity contribution in [1.82, 2.24) is 9.97 Å². The largest absolute Gasteiger partial charge is 0.493 e. The Hall–Kier alpha value is -2.30. The van der Waals surface area contributed by atoms with Crippen LogP contribution < -0.4 is 9.47 Å². The summed E-state index contributed by atoms with van der Waals surface area (Å²) in [4.78, 5) is 19.2. The van der Waals surface area contributed by atoms with E-state index in [1.165, 1.54) is 0 Å². The number of Topliss-reactive ketones (excluding diaryl/α,β-unsaturated/α-hetero) is 1. The number of nitrogens with one attached hydrogen (secondary N) is 1. The molecule has 0 radical (unpaired) electrons. The highest BCUT2D eigenvalue weighted by Crippen LogP contribution is 2.35. The van der Waals surface area contributed by atoms with E-state index in [2.05, 4.69) is 9.97 Å². The molecule has 0 saturated carbocycles. The number of fused-ring (bicyclic) bond motifs is 1. The van der Waals surface area contributed by atoms with Crippen LogP contribution in [-0.2, 0) is 6.42 Å². The minimum atomic E-state index is -0.461. The molecule has 21 heavy (non-hydrogen) atoms. The van der Waals surface area contributed by atoms with Crippen LogP contribution in [0.3, 0.4) is 0 Å². The number of carbonyl (C=O) groups is 1. The molecule has 1 aliphatic rings. The Morgan fingerprint density at radius 3 is 3.05 bits per heavy atom. The van der Waals surface area contributed by atoms with Gasteiger partial charge < -0.3 is 14.5 Å². The topological polar surface area (TPSA) is 64.2 Å². The molecule has 0 aliphatic carbocycles. The molecule has 3 rings (SSSR count). The smallest absolute Gasteiger partial charge is 0.170 e. The average molecular weight is 286 g/mol. The number of H-pyrrole nitrogens is 1. The van der Waals surface area contributed by atoms with Gasteiger partial charge in [0.1, 0.15) is 22.9 Å². The molecular weight excluding hydrogens is 268 g/mol. The van der Waals surface area contributed by atoms with Gasteiger partial charge in [0.05, 0.1) is 18.6 Å². The van der Waals surface area contributed by atoms with Crippen LogP contribution in [0.5, 0.6) is 11.5 Å². The number of hydrogen-bond donors (Lipinski definition) is 1. The standard InChI is InChI=1S/C16H18N2O3/c1-16(2)10-13(19)12-4-3-11(9-14(12)21-16)20-8-5-15-17-6-7-18-15/h3-4,6-7,9H,5,8,10H2,1-2H3,(H,17,18). The Kier molecular flexibility index (Phi) is 3.41. The summed E-state index contributed by atoms with van der Waals surface area (Å²) in [6.45, 7) is 4.35. The van der Waals surface area contributed by atoms with Crippen molar-refractivity contribution in [1.29, 1.82) is 0 Å². The summed E-state index contributed by atoms with van der Waals surface area (Å²) in [6.07, 6.45) is 4.61. The number of aromatic amines is 1. The van der Waals surface area contributed by atoms with Crippen molar-refractivity contribution in [3.05, 3.63) is 42.0 Å². The lowest BCUT2D eigenvalue weighted by Crippen LogP contribution is -2.35. The van der Waals surface area contributed by atoms with Crippen molar-refractivity contribution in [2.45, 2.75) is 32.3 Å². The fourth-order valence-electron chi connectivity index (χ4n) is 2.42. The number of aromatic nitrogens is 2. The molecule has 0 atom stereocenters. The van der Waals surface area contributed by atoms with E-state index in [1.54, 1.807) is 30.6 Å². The van der Waals surface area contributed by atoms with Gasteiger partial charge in [0, 0.05) is 24.9 Å². The van der Waals surface area contributed by atoms with Gasteiger partial charge in [0.2, 0.25) is 0 Å². The number of benzene rings is 1. The third kappa shape index (κ3) is 3.07. The van der Waals surface area contributed by atoms with Gasteiger partial charge in [-0.25, -0.2) is 4.98 Å². The fraction of sp³-hybridized carbons (Fsp3) is 0.375. The first-order valence-electron chi connectivity index (χ1n) is 7.01. The summed E-state index contributed by atoms with van der Waals surface area (Å²) in [5, 5.41) is 0. The highest BCUT2D eigenvalue weighted by atomic mass is 16.5. The summed E-state index contributed by atoms with van der Waals surface area (Å²) in [5.74, 6) is 2.31. The summed E-state index contributed by atoms with van der Waals surface area (Å²) < 4.78 is 11.6. The maximum Gasteiger partial charge on any atom is 0.170 e. The molecule has 1 aromatic heterocycles. The monoisotopic (exact) mass is 286 g/mol. The van der Waals surface area contributed by atoms with Crippen LogP contribution in [0.4, 0.5) is 0 Å². The summed E-state index contributed by atoms with van der Waals surface area (Å²) in [7, 11) is 0. The van der Waals surface area contributed by atoms with E-state index in [0.29, 0.717) is 36.5 Å². The highest BCUT2D eigenvalue weighted by Gasteiger charge is 2.32. The molecular formula is C16H18N2O3. The first kappa shape index (κ1) is 13.7. The van der Waals surface area contributed by atoms with E-state index >= 15 is 0 Å². The fourth-order valence-corrected chi connectivity index (χ4v) is 2.42. The zero-order chi connectivity index (χ0) is 14.9. The third-order valence-corrected chi connectivity index (χ3v) is 3.39. The molecule has 0 amide bonds. The van der Waals surface area contributed by atoms with E-state index < -0.39 is 5.60 Å². The Balaban J connectivity index is 1.69. The second-order valence-corrected chi connectivity index (χ2v) is 5.75. The molecule has 1 aliphatic heterocycles. The maximum atomic E-state index is 12.0. The van der Waals surface area contributed by atoms with Crippen LogP contribution in [0, 0.1) is 0 Å². The third-order valence-electron chi connectivity index (χ3n) is 3.39. The summed E-state index contributed by atoms with van der Waals surface area (Å²) >= 11 is 0. The Morgan fingerprint density at radius 1 is 1.43 bits per heavy atom. The molecule has 0 spiro atoms. The lowest BCUT2D eigenvalue weighted by atomic mass is 9.93. The normalized spacial score (nSPS) is 16.2. The highest BCUT2D eigenvalue weighted by molar-refractivity contribution is 6.00. The Morgan fingerprint density at radius 2 is 2.29 bits per heavy atom. The van der Waals surface area contributed by atoms with Gasteiger partial charge in [-0.3, -0.25) is 4.79 Å². The van der Waals surface area contributed by atoms with E-state index in [-0.39, 0.29) is 5.78 Å². The van der Waals surface area contributed by atoms with Gasteiger partial charge >= 0.3 is 0 Å². The molecule has 2 aromatic rings. The number of hydrogen-bond acceptors (Lipinski definition) is 4. The molecule has 110 valence electrons. The number of imidazole rings is 1. The van der Waals surface area contributed by atoms with E-state index in [9.17, 15) is 4.79 Å². The van der Waals surface area contributed by atoms with Crippen molar-refractivity contribution in [3.63, 3.8) is 0 Å². The van der Waals surface area contributed by atoms with Crippen LogP contribution in [0.2, 0.25) is 0 Å². The SMILES string of the molecule is CC1(C)CC(=O)c2ccc(OCCc3ncc[nH]3)cc2O1. The van der Waals surface area contributed by atoms with E-state index in [4.69, 9.17) is 9.47 Å².